The van der Waals surface area contributed by atoms with Crippen molar-refractivity contribution >= 4 is 5.97 Å². The number of benzene rings is 4. The molecule has 0 spiro atoms. The van der Waals surface area contributed by atoms with Crippen molar-refractivity contribution in [2.45, 2.75) is 32.0 Å². The molecule has 0 bridgehead atoms. The van der Waals surface area contributed by atoms with Gasteiger partial charge in [0, 0.05) is 18.6 Å². The predicted molar refractivity (Wildman–Crippen MR) is 134 cm³/mol. The van der Waals surface area contributed by atoms with Gasteiger partial charge in [0.2, 0.25) is 0 Å². The number of carboxylic acids is 1. The zero-order valence-corrected chi connectivity index (χ0v) is 18.8. The molecular weight excluding hydrogens is 406 g/mol. The van der Waals surface area contributed by atoms with Gasteiger partial charge in [0.25, 0.3) is 0 Å². The zero-order valence-electron chi connectivity index (χ0n) is 18.8. The molecule has 4 aromatic rings. The average molecular weight is 436 g/mol. The van der Waals surface area contributed by atoms with Gasteiger partial charge in [0.05, 0.1) is 6.42 Å². The van der Waals surface area contributed by atoms with Crippen LogP contribution in [0.25, 0.3) is 11.1 Å². The van der Waals surface area contributed by atoms with Crippen LogP contribution in [0.5, 0.6) is 0 Å². The Morgan fingerprint density at radius 3 is 1.79 bits per heavy atom. The van der Waals surface area contributed by atoms with Crippen molar-refractivity contribution < 1.29 is 9.90 Å². The Kier molecular flexibility index (Phi) is 7.33. The lowest BCUT2D eigenvalue weighted by molar-refractivity contribution is -0.138. The Morgan fingerprint density at radius 1 is 0.697 bits per heavy atom. The topological polar surface area (TPSA) is 40.5 Å². The summed E-state index contributed by atoms with van der Waals surface area (Å²) < 4.78 is 0. The van der Waals surface area contributed by atoms with E-state index in [0.29, 0.717) is 6.54 Å². The van der Waals surface area contributed by atoms with Crippen LogP contribution in [0.2, 0.25) is 0 Å². The molecule has 4 aromatic carbocycles. The second-order valence-corrected chi connectivity index (χ2v) is 8.35. The van der Waals surface area contributed by atoms with Gasteiger partial charge in [-0.05, 0) is 34.7 Å². The summed E-state index contributed by atoms with van der Waals surface area (Å²) in [5.41, 5.74) is 5.62. The predicted octanol–water partition coefficient (Wildman–Crippen LogP) is 7.13. The molecule has 0 fully saturated rings. The van der Waals surface area contributed by atoms with Crippen molar-refractivity contribution in [2.75, 3.05) is 0 Å². The first-order valence-corrected chi connectivity index (χ1v) is 11.3. The third-order valence-corrected chi connectivity index (χ3v) is 6.16. The minimum atomic E-state index is -0.801. The highest BCUT2D eigenvalue weighted by Gasteiger charge is 2.28. The summed E-state index contributed by atoms with van der Waals surface area (Å²) in [6.07, 6.45) is 0.0364. The molecule has 3 nitrogen and oxygen atoms in total. The van der Waals surface area contributed by atoms with Gasteiger partial charge in [-0.15, -0.1) is 0 Å². The van der Waals surface area contributed by atoms with E-state index in [1.807, 2.05) is 54.6 Å². The second-order valence-electron chi connectivity index (χ2n) is 8.35. The van der Waals surface area contributed by atoms with Crippen molar-refractivity contribution in [1.29, 1.82) is 0 Å². The molecule has 2 atom stereocenters. The molecule has 0 heterocycles. The number of hydrogen-bond donors (Lipinski definition) is 1. The van der Waals surface area contributed by atoms with E-state index in [-0.39, 0.29) is 18.5 Å². The minimum Gasteiger partial charge on any atom is -0.481 e. The summed E-state index contributed by atoms with van der Waals surface area (Å²) >= 11 is 0. The lowest BCUT2D eigenvalue weighted by atomic mass is 9.95. The van der Waals surface area contributed by atoms with E-state index in [1.54, 1.807) is 0 Å². The number of carbonyl (C=O) groups is 1. The highest BCUT2D eigenvalue weighted by atomic mass is 16.4. The SMILES string of the molecule is CC(c1ccccc1)N(Cc1ccccc1)C(CC(=O)O)c1ccc(-c2ccccc2)cc1. The molecule has 0 aliphatic carbocycles. The Labute approximate surface area is 196 Å². The number of aliphatic carboxylic acids is 1. The van der Waals surface area contributed by atoms with E-state index < -0.39 is 5.97 Å². The van der Waals surface area contributed by atoms with Crippen molar-refractivity contribution in [3.8, 4) is 11.1 Å². The van der Waals surface area contributed by atoms with Crippen LogP contribution in [0.15, 0.2) is 115 Å². The lowest BCUT2D eigenvalue weighted by Crippen LogP contribution is -2.32. The van der Waals surface area contributed by atoms with Crippen molar-refractivity contribution in [1.82, 2.24) is 4.90 Å². The highest BCUT2D eigenvalue weighted by Crippen LogP contribution is 2.35. The largest absolute Gasteiger partial charge is 0.481 e. The van der Waals surface area contributed by atoms with Gasteiger partial charge in [0.1, 0.15) is 0 Å². The summed E-state index contributed by atoms with van der Waals surface area (Å²) in [6.45, 7) is 2.82. The maximum absolute atomic E-state index is 12.0. The molecule has 0 aromatic heterocycles. The summed E-state index contributed by atoms with van der Waals surface area (Å²) in [7, 11) is 0. The Bertz CT molecular complexity index is 1140. The van der Waals surface area contributed by atoms with Crippen LogP contribution in [0.3, 0.4) is 0 Å². The van der Waals surface area contributed by atoms with Crippen molar-refractivity contribution in [3.63, 3.8) is 0 Å². The van der Waals surface area contributed by atoms with Gasteiger partial charge in [-0.1, -0.05) is 115 Å². The van der Waals surface area contributed by atoms with Crippen LogP contribution < -0.4 is 0 Å². The second kappa shape index (κ2) is 10.8. The van der Waals surface area contributed by atoms with Crippen LogP contribution in [-0.4, -0.2) is 16.0 Å². The van der Waals surface area contributed by atoms with E-state index in [1.165, 1.54) is 5.56 Å². The first-order valence-electron chi connectivity index (χ1n) is 11.3. The summed E-state index contributed by atoms with van der Waals surface area (Å²) in [5.74, 6) is -0.801. The molecule has 0 amide bonds. The van der Waals surface area contributed by atoms with Crippen molar-refractivity contribution in [2.24, 2.45) is 0 Å². The normalized spacial score (nSPS) is 12.9. The molecule has 0 aliphatic rings. The maximum atomic E-state index is 12.0. The average Bonchev–Trinajstić information content (AvgIpc) is 2.87. The van der Waals surface area contributed by atoms with Crippen LogP contribution in [0.4, 0.5) is 0 Å². The number of rotatable bonds is 9. The van der Waals surface area contributed by atoms with Crippen LogP contribution in [-0.2, 0) is 11.3 Å². The molecule has 0 saturated heterocycles. The fourth-order valence-electron chi connectivity index (χ4n) is 4.35. The molecule has 2 unspecified atom stereocenters. The number of nitrogens with zero attached hydrogens (tertiary/aromatic N) is 1. The maximum Gasteiger partial charge on any atom is 0.305 e. The number of hydrogen-bond acceptors (Lipinski definition) is 2. The van der Waals surface area contributed by atoms with Crippen molar-refractivity contribution in [3.05, 3.63) is 132 Å². The molecule has 0 saturated carbocycles. The molecule has 166 valence electrons. The third-order valence-electron chi connectivity index (χ3n) is 6.16. The van der Waals surface area contributed by atoms with Gasteiger partial charge in [0.15, 0.2) is 0 Å². The first kappa shape index (κ1) is 22.5. The quantitative estimate of drug-likeness (QED) is 0.304. The van der Waals surface area contributed by atoms with E-state index in [0.717, 1.165) is 22.3 Å². The Balaban J connectivity index is 1.72. The van der Waals surface area contributed by atoms with Gasteiger partial charge in [-0.2, -0.15) is 0 Å². The smallest absolute Gasteiger partial charge is 0.305 e. The Morgan fingerprint density at radius 2 is 1.21 bits per heavy atom. The van der Waals surface area contributed by atoms with Crippen LogP contribution in [0, 0.1) is 0 Å². The lowest BCUT2D eigenvalue weighted by Gasteiger charge is -2.37. The fourth-order valence-corrected chi connectivity index (χ4v) is 4.35. The monoisotopic (exact) mass is 435 g/mol. The standard InChI is InChI=1S/C30H29NO2/c1-23(25-13-7-3-8-14-25)31(22-24-11-5-2-6-12-24)29(21-30(32)33)28-19-17-27(18-20-28)26-15-9-4-10-16-26/h2-20,23,29H,21-22H2,1H3,(H,32,33). The zero-order chi connectivity index (χ0) is 23.0. The minimum absolute atomic E-state index is 0.0364. The summed E-state index contributed by atoms with van der Waals surface area (Å²) in [6, 6.07) is 38.9. The summed E-state index contributed by atoms with van der Waals surface area (Å²) in [5, 5.41) is 9.82. The van der Waals surface area contributed by atoms with E-state index in [9.17, 15) is 9.90 Å². The highest BCUT2D eigenvalue weighted by molar-refractivity contribution is 5.68. The molecule has 33 heavy (non-hydrogen) atoms. The Hall–Kier alpha value is -3.69. The van der Waals surface area contributed by atoms with Crippen LogP contribution >= 0.6 is 0 Å². The van der Waals surface area contributed by atoms with E-state index in [4.69, 9.17) is 0 Å². The van der Waals surface area contributed by atoms with Gasteiger partial charge in [-0.3, -0.25) is 9.69 Å². The molecule has 3 heteroatoms. The fraction of sp³-hybridized carbons (Fsp3) is 0.167. The number of carboxylic acid groups (broad SMARTS) is 1. The molecular formula is C30H29NO2. The van der Waals surface area contributed by atoms with Gasteiger partial charge >= 0.3 is 5.97 Å². The molecule has 0 aliphatic heterocycles. The van der Waals surface area contributed by atoms with E-state index in [2.05, 4.69) is 72.5 Å². The molecule has 4 rings (SSSR count). The van der Waals surface area contributed by atoms with Gasteiger partial charge in [-0.25, -0.2) is 0 Å². The summed E-state index contributed by atoms with van der Waals surface area (Å²) in [4.78, 5) is 14.3. The van der Waals surface area contributed by atoms with E-state index >= 15 is 0 Å². The third kappa shape index (κ3) is 5.76. The molecule has 1 N–H and O–H groups in total. The van der Waals surface area contributed by atoms with Crippen LogP contribution in [0.1, 0.15) is 42.1 Å². The first-order chi connectivity index (χ1) is 16.1. The van der Waals surface area contributed by atoms with Gasteiger partial charge < -0.3 is 5.11 Å². The molecule has 0 radical (unpaired) electrons.